The number of nitrogen functional groups attached to an aromatic ring is 1. The van der Waals surface area contributed by atoms with Crippen LogP contribution in [0.4, 0.5) is 17.3 Å². The molecule has 7 nitrogen and oxygen atoms in total. The molecule has 1 saturated heterocycles. The largest absolute Gasteiger partial charge is 0.393 e. The molecule has 1 amide bonds. The van der Waals surface area contributed by atoms with Gasteiger partial charge in [-0.1, -0.05) is 49.2 Å². The van der Waals surface area contributed by atoms with Crippen LogP contribution in [0.25, 0.3) is 10.8 Å². The van der Waals surface area contributed by atoms with Crippen LogP contribution in [0.1, 0.15) is 36.0 Å². The number of benzene rings is 2. The Morgan fingerprint density at radius 1 is 0.964 bits per heavy atom. The molecule has 28 heavy (non-hydrogen) atoms. The maximum atomic E-state index is 12.7. The molecule has 2 aromatic carbocycles. The number of hydrogen-bond donors (Lipinski definition) is 3. The first kappa shape index (κ1) is 18.0. The SMILES string of the molecule is Nc1c(NNC(=O)c2cccc3ccccc23)ncnc1N1CCCCCC1. The summed E-state index contributed by atoms with van der Waals surface area (Å²) >= 11 is 0. The standard InChI is InChI=1S/C21H24N6O/c22-18-19(23-14-24-20(18)27-12-5-1-2-6-13-27)25-26-21(28)17-11-7-9-15-8-3-4-10-16(15)17/h3-4,7-11,14H,1-2,5-6,12-13,22H2,(H,26,28)(H,23,24,25). The Morgan fingerprint density at radius 3 is 2.54 bits per heavy atom. The molecule has 7 heteroatoms. The zero-order valence-corrected chi connectivity index (χ0v) is 15.7. The highest BCUT2D eigenvalue weighted by atomic mass is 16.2. The van der Waals surface area contributed by atoms with Gasteiger partial charge >= 0.3 is 0 Å². The first-order valence-electron chi connectivity index (χ1n) is 9.63. The lowest BCUT2D eigenvalue weighted by atomic mass is 10.0. The number of amides is 1. The summed E-state index contributed by atoms with van der Waals surface area (Å²) in [4.78, 5) is 23.5. The van der Waals surface area contributed by atoms with E-state index in [1.165, 1.54) is 19.2 Å². The summed E-state index contributed by atoms with van der Waals surface area (Å²) in [5.74, 6) is 0.882. The Kier molecular flexibility index (Phi) is 5.23. The number of aromatic nitrogens is 2. The predicted molar refractivity (Wildman–Crippen MR) is 112 cm³/mol. The molecular formula is C21H24N6O. The third-order valence-corrected chi connectivity index (χ3v) is 5.10. The molecule has 0 bridgehead atoms. The number of hydrazine groups is 1. The van der Waals surface area contributed by atoms with E-state index in [-0.39, 0.29) is 5.91 Å². The van der Waals surface area contributed by atoms with Gasteiger partial charge in [-0.3, -0.25) is 15.6 Å². The zero-order chi connectivity index (χ0) is 19.3. The highest BCUT2D eigenvalue weighted by molar-refractivity contribution is 6.07. The summed E-state index contributed by atoms with van der Waals surface area (Å²) < 4.78 is 0. The topological polar surface area (TPSA) is 96.2 Å². The Bertz CT molecular complexity index is 976. The number of carbonyl (C=O) groups excluding carboxylic acids is 1. The molecule has 0 unspecified atom stereocenters. The van der Waals surface area contributed by atoms with Crippen molar-refractivity contribution in [2.24, 2.45) is 0 Å². The van der Waals surface area contributed by atoms with Crippen molar-refractivity contribution < 1.29 is 4.79 Å². The van der Waals surface area contributed by atoms with Crippen LogP contribution in [0.2, 0.25) is 0 Å². The van der Waals surface area contributed by atoms with Crippen molar-refractivity contribution in [1.29, 1.82) is 0 Å². The number of carbonyl (C=O) groups is 1. The van der Waals surface area contributed by atoms with E-state index in [2.05, 4.69) is 25.7 Å². The van der Waals surface area contributed by atoms with Gasteiger partial charge in [-0.2, -0.15) is 0 Å². The third kappa shape index (κ3) is 3.69. The summed E-state index contributed by atoms with van der Waals surface area (Å²) in [5, 5.41) is 1.91. The van der Waals surface area contributed by atoms with Crippen LogP contribution in [0.5, 0.6) is 0 Å². The Hall–Kier alpha value is -3.35. The smallest absolute Gasteiger partial charge is 0.270 e. The normalized spacial score (nSPS) is 14.5. The number of rotatable bonds is 4. The molecule has 0 aliphatic carbocycles. The van der Waals surface area contributed by atoms with Gasteiger partial charge in [-0.15, -0.1) is 0 Å². The lowest BCUT2D eigenvalue weighted by Gasteiger charge is -2.23. The van der Waals surface area contributed by atoms with Crippen LogP contribution in [-0.2, 0) is 0 Å². The zero-order valence-electron chi connectivity index (χ0n) is 15.7. The van der Waals surface area contributed by atoms with Gasteiger partial charge in [0.2, 0.25) is 0 Å². The molecule has 0 atom stereocenters. The molecule has 3 aromatic rings. The third-order valence-electron chi connectivity index (χ3n) is 5.10. The molecule has 4 N–H and O–H groups in total. The second kappa shape index (κ2) is 8.12. The fourth-order valence-electron chi connectivity index (χ4n) is 3.63. The molecule has 0 radical (unpaired) electrons. The highest BCUT2D eigenvalue weighted by Gasteiger charge is 2.17. The van der Waals surface area contributed by atoms with Gasteiger partial charge in [0.1, 0.15) is 12.0 Å². The highest BCUT2D eigenvalue weighted by Crippen LogP contribution is 2.27. The summed E-state index contributed by atoms with van der Waals surface area (Å²) in [6, 6.07) is 13.4. The number of anilines is 3. The van der Waals surface area contributed by atoms with Crippen molar-refractivity contribution in [3.63, 3.8) is 0 Å². The molecule has 1 aromatic heterocycles. The number of nitrogens with zero attached hydrogens (tertiary/aromatic N) is 3. The van der Waals surface area contributed by atoms with E-state index in [1.807, 2.05) is 36.4 Å². The van der Waals surface area contributed by atoms with Crippen molar-refractivity contribution >= 4 is 34.0 Å². The lowest BCUT2D eigenvalue weighted by Crippen LogP contribution is -2.31. The molecule has 4 rings (SSSR count). The minimum atomic E-state index is -0.244. The summed E-state index contributed by atoms with van der Waals surface area (Å²) in [6.45, 7) is 1.87. The van der Waals surface area contributed by atoms with Gasteiger partial charge in [0, 0.05) is 18.7 Å². The van der Waals surface area contributed by atoms with Gasteiger partial charge in [0.25, 0.3) is 5.91 Å². The molecule has 1 aliphatic rings. The molecule has 0 saturated carbocycles. The lowest BCUT2D eigenvalue weighted by molar-refractivity contribution is 0.0964. The van der Waals surface area contributed by atoms with E-state index in [4.69, 9.17) is 5.73 Å². The van der Waals surface area contributed by atoms with Gasteiger partial charge < -0.3 is 10.6 Å². The first-order chi connectivity index (χ1) is 13.7. The van der Waals surface area contributed by atoms with Crippen molar-refractivity contribution in [1.82, 2.24) is 15.4 Å². The molecule has 0 spiro atoms. The number of fused-ring (bicyclic) bond motifs is 1. The van der Waals surface area contributed by atoms with Gasteiger partial charge in [0.15, 0.2) is 11.6 Å². The van der Waals surface area contributed by atoms with Crippen LogP contribution in [0.15, 0.2) is 48.8 Å². The average Bonchev–Trinajstić information content (AvgIpc) is 3.02. The predicted octanol–water partition coefficient (Wildman–Crippen LogP) is 3.35. The van der Waals surface area contributed by atoms with E-state index in [9.17, 15) is 4.79 Å². The molecular weight excluding hydrogens is 352 g/mol. The van der Waals surface area contributed by atoms with E-state index in [0.717, 1.165) is 42.5 Å². The van der Waals surface area contributed by atoms with Crippen molar-refractivity contribution in [2.75, 3.05) is 29.1 Å². The van der Waals surface area contributed by atoms with E-state index < -0.39 is 0 Å². The second-order valence-corrected chi connectivity index (χ2v) is 6.97. The van der Waals surface area contributed by atoms with E-state index >= 15 is 0 Å². The molecule has 2 heterocycles. The summed E-state index contributed by atoms with van der Waals surface area (Å²) in [5.41, 5.74) is 12.9. The number of nitrogens with two attached hydrogens (primary N) is 1. The molecule has 1 fully saturated rings. The summed E-state index contributed by atoms with van der Waals surface area (Å²) in [6.07, 6.45) is 6.19. The Balaban J connectivity index is 1.51. The van der Waals surface area contributed by atoms with Gasteiger partial charge in [-0.05, 0) is 29.7 Å². The minimum Gasteiger partial charge on any atom is -0.393 e. The number of nitrogens with one attached hydrogen (secondary N) is 2. The second-order valence-electron chi connectivity index (χ2n) is 6.97. The van der Waals surface area contributed by atoms with Crippen molar-refractivity contribution in [3.8, 4) is 0 Å². The molecule has 144 valence electrons. The van der Waals surface area contributed by atoms with Gasteiger partial charge in [-0.25, -0.2) is 9.97 Å². The summed E-state index contributed by atoms with van der Waals surface area (Å²) in [7, 11) is 0. The van der Waals surface area contributed by atoms with Gasteiger partial charge in [0.05, 0.1) is 0 Å². The van der Waals surface area contributed by atoms with Crippen LogP contribution < -0.4 is 21.5 Å². The van der Waals surface area contributed by atoms with Crippen LogP contribution >= 0.6 is 0 Å². The average molecular weight is 376 g/mol. The first-order valence-corrected chi connectivity index (χ1v) is 9.63. The number of hydrogen-bond acceptors (Lipinski definition) is 6. The molecule has 1 aliphatic heterocycles. The van der Waals surface area contributed by atoms with Crippen LogP contribution in [0, 0.1) is 0 Å². The Labute approximate surface area is 163 Å². The van der Waals surface area contributed by atoms with Crippen LogP contribution in [0.3, 0.4) is 0 Å². The Morgan fingerprint density at radius 2 is 1.71 bits per heavy atom. The van der Waals surface area contributed by atoms with E-state index in [0.29, 0.717) is 17.1 Å². The maximum absolute atomic E-state index is 12.7. The quantitative estimate of drug-likeness (QED) is 0.604. The van der Waals surface area contributed by atoms with Crippen LogP contribution in [-0.4, -0.2) is 29.0 Å². The fraction of sp³-hybridized carbons (Fsp3) is 0.286. The van der Waals surface area contributed by atoms with Crippen molar-refractivity contribution in [2.45, 2.75) is 25.7 Å². The fourth-order valence-corrected chi connectivity index (χ4v) is 3.63. The van der Waals surface area contributed by atoms with E-state index in [1.54, 1.807) is 6.07 Å². The monoisotopic (exact) mass is 376 g/mol. The van der Waals surface area contributed by atoms with Crippen molar-refractivity contribution in [3.05, 3.63) is 54.4 Å². The maximum Gasteiger partial charge on any atom is 0.270 e. The minimum absolute atomic E-state index is 0.244.